The van der Waals surface area contributed by atoms with Crippen LogP contribution < -0.4 is 0 Å². The average molecular weight is 231 g/mol. The van der Waals surface area contributed by atoms with Crippen molar-refractivity contribution in [2.45, 2.75) is 26.7 Å². The van der Waals surface area contributed by atoms with Crippen LogP contribution in [0.15, 0.2) is 10.5 Å². The fraction of sp³-hybridized carbons (Fsp3) is 0.545. The molecule has 0 saturated heterocycles. The molecule has 0 aliphatic carbocycles. The van der Waals surface area contributed by atoms with E-state index in [4.69, 9.17) is 20.8 Å². The Hall–Kier alpha value is -0.960. The van der Waals surface area contributed by atoms with Gasteiger partial charge in [-0.25, -0.2) is 4.79 Å². The summed E-state index contributed by atoms with van der Waals surface area (Å²) in [5.74, 6) is 1.67. The Morgan fingerprint density at radius 2 is 2.33 bits per heavy atom. The van der Waals surface area contributed by atoms with Gasteiger partial charge in [-0.3, -0.25) is 0 Å². The molecular weight excluding hydrogens is 216 g/mol. The summed E-state index contributed by atoms with van der Waals surface area (Å²) >= 11 is 5.58. The van der Waals surface area contributed by atoms with Crippen molar-refractivity contribution in [1.82, 2.24) is 0 Å². The second kappa shape index (κ2) is 5.81. The molecule has 0 radical (unpaired) electrons. The summed E-state index contributed by atoms with van der Waals surface area (Å²) in [5, 5.41) is 0. The van der Waals surface area contributed by atoms with Crippen molar-refractivity contribution in [2.24, 2.45) is 0 Å². The maximum Gasteiger partial charge on any atom is 0.341 e. The van der Waals surface area contributed by atoms with Crippen LogP contribution in [-0.4, -0.2) is 18.5 Å². The number of esters is 1. The van der Waals surface area contributed by atoms with E-state index in [9.17, 15) is 4.79 Å². The molecule has 0 aromatic carbocycles. The van der Waals surface area contributed by atoms with Crippen LogP contribution in [0.2, 0.25) is 0 Å². The molecule has 0 amide bonds. The van der Waals surface area contributed by atoms with Gasteiger partial charge in [0.1, 0.15) is 17.1 Å². The summed E-state index contributed by atoms with van der Waals surface area (Å²) in [5.41, 5.74) is 0.515. The lowest BCUT2D eigenvalue weighted by molar-refractivity contribution is 0.0524. The normalized spacial score (nSPS) is 10.3. The van der Waals surface area contributed by atoms with Crippen LogP contribution in [-0.2, 0) is 11.2 Å². The molecule has 4 heteroatoms. The molecule has 0 unspecified atom stereocenters. The van der Waals surface area contributed by atoms with Gasteiger partial charge in [-0.15, -0.1) is 11.6 Å². The Labute approximate surface area is 94.4 Å². The van der Waals surface area contributed by atoms with Gasteiger partial charge >= 0.3 is 5.97 Å². The van der Waals surface area contributed by atoms with Gasteiger partial charge in [0.25, 0.3) is 0 Å². The first kappa shape index (κ1) is 12.1. The SMILES string of the molecule is CCOC(=O)c1cc(CCCCl)oc1C. The number of aryl methyl sites for hydroxylation is 2. The molecule has 1 aromatic rings. The van der Waals surface area contributed by atoms with Gasteiger partial charge in [-0.2, -0.15) is 0 Å². The largest absolute Gasteiger partial charge is 0.465 e. The number of halogens is 1. The van der Waals surface area contributed by atoms with E-state index in [2.05, 4.69) is 0 Å². The van der Waals surface area contributed by atoms with E-state index < -0.39 is 0 Å². The van der Waals surface area contributed by atoms with Crippen LogP contribution in [0.3, 0.4) is 0 Å². The Morgan fingerprint density at radius 3 is 2.93 bits per heavy atom. The highest BCUT2D eigenvalue weighted by atomic mass is 35.5. The van der Waals surface area contributed by atoms with E-state index in [0.717, 1.165) is 18.6 Å². The van der Waals surface area contributed by atoms with Crippen LogP contribution in [0, 0.1) is 6.92 Å². The summed E-state index contributed by atoms with van der Waals surface area (Å²) in [4.78, 5) is 11.4. The second-order valence-electron chi connectivity index (χ2n) is 3.20. The number of furan rings is 1. The zero-order chi connectivity index (χ0) is 11.3. The fourth-order valence-electron chi connectivity index (χ4n) is 1.32. The number of hydrogen-bond donors (Lipinski definition) is 0. The van der Waals surface area contributed by atoms with Crippen LogP contribution in [0.25, 0.3) is 0 Å². The van der Waals surface area contributed by atoms with Crippen LogP contribution in [0.4, 0.5) is 0 Å². The summed E-state index contributed by atoms with van der Waals surface area (Å²) in [6, 6.07) is 1.74. The third-order valence-electron chi connectivity index (χ3n) is 2.02. The molecule has 0 saturated carbocycles. The van der Waals surface area contributed by atoms with Gasteiger partial charge in [0.2, 0.25) is 0 Å². The van der Waals surface area contributed by atoms with Crippen molar-refractivity contribution in [3.05, 3.63) is 23.2 Å². The number of ether oxygens (including phenoxy) is 1. The van der Waals surface area contributed by atoms with Gasteiger partial charge in [0, 0.05) is 12.3 Å². The lowest BCUT2D eigenvalue weighted by Crippen LogP contribution is -2.04. The standard InChI is InChI=1S/C11H15ClO3/c1-3-14-11(13)10-7-9(5-4-6-12)15-8(10)2/h7H,3-6H2,1-2H3. The molecular formula is C11H15ClO3. The van der Waals surface area contributed by atoms with Gasteiger partial charge in [0.15, 0.2) is 0 Å². The minimum Gasteiger partial charge on any atom is -0.465 e. The minimum atomic E-state index is -0.323. The van der Waals surface area contributed by atoms with Crippen LogP contribution in [0.5, 0.6) is 0 Å². The van der Waals surface area contributed by atoms with Gasteiger partial charge in [-0.1, -0.05) is 0 Å². The molecule has 1 aromatic heterocycles. The predicted octanol–water partition coefficient (Wildman–Crippen LogP) is 2.94. The van der Waals surface area contributed by atoms with Crippen LogP contribution in [0.1, 0.15) is 35.2 Å². The highest BCUT2D eigenvalue weighted by molar-refractivity contribution is 6.17. The second-order valence-corrected chi connectivity index (χ2v) is 3.57. The predicted molar refractivity (Wildman–Crippen MR) is 58.4 cm³/mol. The van der Waals surface area contributed by atoms with Crippen molar-refractivity contribution in [3.63, 3.8) is 0 Å². The zero-order valence-electron chi connectivity index (χ0n) is 9.01. The van der Waals surface area contributed by atoms with Crippen molar-refractivity contribution >= 4 is 17.6 Å². The highest BCUT2D eigenvalue weighted by Gasteiger charge is 2.15. The topological polar surface area (TPSA) is 39.4 Å². The maximum atomic E-state index is 11.4. The van der Waals surface area contributed by atoms with E-state index in [-0.39, 0.29) is 5.97 Å². The number of rotatable bonds is 5. The molecule has 84 valence electrons. The first-order valence-corrected chi connectivity index (χ1v) is 5.54. The maximum absolute atomic E-state index is 11.4. The molecule has 0 aliphatic heterocycles. The van der Waals surface area contributed by atoms with E-state index in [1.165, 1.54) is 0 Å². The number of carbonyl (C=O) groups is 1. The Bertz CT molecular complexity index is 331. The average Bonchev–Trinajstić information content (AvgIpc) is 2.57. The zero-order valence-corrected chi connectivity index (χ0v) is 9.76. The molecule has 3 nitrogen and oxygen atoms in total. The third-order valence-corrected chi connectivity index (χ3v) is 2.29. The lowest BCUT2D eigenvalue weighted by atomic mass is 10.2. The first-order chi connectivity index (χ1) is 7.19. The van der Waals surface area contributed by atoms with E-state index >= 15 is 0 Å². The molecule has 0 aliphatic rings. The highest BCUT2D eigenvalue weighted by Crippen LogP contribution is 2.17. The van der Waals surface area contributed by atoms with E-state index in [0.29, 0.717) is 23.8 Å². The van der Waals surface area contributed by atoms with E-state index in [1.807, 2.05) is 0 Å². The Kier molecular flexibility index (Phi) is 4.69. The van der Waals surface area contributed by atoms with E-state index in [1.54, 1.807) is 19.9 Å². The molecule has 0 fully saturated rings. The molecule has 0 spiro atoms. The van der Waals surface area contributed by atoms with Gasteiger partial charge in [-0.05, 0) is 26.3 Å². The fourth-order valence-corrected chi connectivity index (χ4v) is 1.45. The Morgan fingerprint density at radius 1 is 1.60 bits per heavy atom. The summed E-state index contributed by atoms with van der Waals surface area (Å²) in [6.45, 7) is 3.92. The summed E-state index contributed by atoms with van der Waals surface area (Å²) in [6.07, 6.45) is 1.60. The molecule has 0 atom stereocenters. The van der Waals surface area contributed by atoms with Crippen molar-refractivity contribution in [3.8, 4) is 0 Å². The summed E-state index contributed by atoms with van der Waals surface area (Å²) in [7, 11) is 0. The first-order valence-electron chi connectivity index (χ1n) is 5.01. The van der Waals surface area contributed by atoms with Gasteiger partial charge < -0.3 is 9.15 Å². The summed E-state index contributed by atoms with van der Waals surface area (Å²) < 4.78 is 10.3. The minimum absolute atomic E-state index is 0.323. The third kappa shape index (κ3) is 3.27. The van der Waals surface area contributed by atoms with Crippen molar-refractivity contribution < 1.29 is 13.9 Å². The van der Waals surface area contributed by atoms with Gasteiger partial charge in [0.05, 0.1) is 6.61 Å². The quantitative estimate of drug-likeness (QED) is 0.577. The molecule has 0 bridgehead atoms. The monoisotopic (exact) mass is 230 g/mol. The molecule has 1 rings (SSSR count). The molecule has 15 heavy (non-hydrogen) atoms. The molecule has 1 heterocycles. The smallest absolute Gasteiger partial charge is 0.341 e. The van der Waals surface area contributed by atoms with Crippen molar-refractivity contribution in [2.75, 3.05) is 12.5 Å². The molecule has 0 N–H and O–H groups in total. The Balaban J connectivity index is 2.72. The number of alkyl halides is 1. The lowest BCUT2D eigenvalue weighted by Gasteiger charge is -1.97. The van der Waals surface area contributed by atoms with Crippen LogP contribution >= 0.6 is 11.6 Å². The number of hydrogen-bond acceptors (Lipinski definition) is 3. The number of carbonyl (C=O) groups excluding carboxylic acids is 1. The van der Waals surface area contributed by atoms with Crippen molar-refractivity contribution in [1.29, 1.82) is 0 Å².